The third kappa shape index (κ3) is 5.97. The maximum absolute atomic E-state index is 12.6. The number of alkyl halides is 3. The van der Waals surface area contributed by atoms with E-state index < -0.39 is 11.7 Å². The number of carbonyl (C=O) groups is 2. The van der Waals surface area contributed by atoms with Crippen molar-refractivity contribution in [2.75, 3.05) is 13.1 Å². The number of amides is 2. The molecule has 150 valence electrons. The summed E-state index contributed by atoms with van der Waals surface area (Å²) in [6, 6.07) is 5.07. The molecule has 0 bridgehead atoms. The lowest BCUT2D eigenvalue weighted by molar-refractivity contribution is -0.137. The Morgan fingerprint density at radius 3 is 2.15 bits per heavy atom. The standard InChI is InChI=1S/C20H27F3N2O2/c1-13(2)24-19(27)16-8-10-25(11-9-16)18(26)12-14(3)15-4-6-17(7-5-15)20(21,22)23/h4-7,13-14,16H,8-12H2,1-3H3,(H,24,27). The van der Waals surface area contributed by atoms with E-state index in [9.17, 15) is 22.8 Å². The van der Waals surface area contributed by atoms with Crippen LogP contribution in [0, 0.1) is 5.92 Å². The van der Waals surface area contributed by atoms with E-state index in [1.807, 2.05) is 20.8 Å². The Morgan fingerprint density at radius 1 is 1.11 bits per heavy atom. The van der Waals surface area contributed by atoms with Crippen LogP contribution in [0.5, 0.6) is 0 Å². The van der Waals surface area contributed by atoms with E-state index in [0.29, 0.717) is 31.5 Å². The Morgan fingerprint density at radius 2 is 1.67 bits per heavy atom. The molecule has 2 rings (SSSR count). The lowest BCUT2D eigenvalue weighted by Gasteiger charge is -2.32. The van der Waals surface area contributed by atoms with Crippen LogP contribution in [-0.4, -0.2) is 35.8 Å². The van der Waals surface area contributed by atoms with Gasteiger partial charge >= 0.3 is 6.18 Å². The predicted octanol–water partition coefficient (Wildman–Crippen LogP) is 3.96. The summed E-state index contributed by atoms with van der Waals surface area (Å²) in [5.41, 5.74) is 0.0223. The van der Waals surface area contributed by atoms with E-state index in [1.165, 1.54) is 12.1 Å². The first-order chi connectivity index (χ1) is 12.6. The van der Waals surface area contributed by atoms with Crippen molar-refractivity contribution in [2.24, 2.45) is 5.92 Å². The fraction of sp³-hybridized carbons (Fsp3) is 0.600. The van der Waals surface area contributed by atoms with E-state index in [1.54, 1.807) is 4.90 Å². The Hall–Kier alpha value is -2.05. The largest absolute Gasteiger partial charge is 0.416 e. The number of benzene rings is 1. The first kappa shape index (κ1) is 21.3. The molecule has 1 fully saturated rings. The summed E-state index contributed by atoms with van der Waals surface area (Å²) in [7, 11) is 0. The zero-order valence-corrected chi connectivity index (χ0v) is 16.0. The average molecular weight is 384 g/mol. The quantitative estimate of drug-likeness (QED) is 0.835. The van der Waals surface area contributed by atoms with Crippen LogP contribution in [0.3, 0.4) is 0 Å². The monoisotopic (exact) mass is 384 g/mol. The van der Waals surface area contributed by atoms with Crippen LogP contribution in [0.2, 0.25) is 0 Å². The molecule has 1 aliphatic rings. The van der Waals surface area contributed by atoms with Crippen LogP contribution in [0.25, 0.3) is 0 Å². The highest BCUT2D eigenvalue weighted by Crippen LogP contribution is 2.31. The summed E-state index contributed by atoms with van der Waals surface area (Å²) in [4.78, 5) is 26.3. The second kappa shape index (κ2) is 8.76. The van der Waals surface area contributed by atoms with E-state index in [-0.39, 0.29) is 36.1 Å². The van der Waals surface area contributed by atoms with Gasteiger partial charge in [-0.3, -0.25) is 9.59 Å². The molecule has 0 spiro atoms. The van der Waals surface area contributed by atoms with E-state index in [4.69, 9.17) is 0 Å². The zero-order chi connectivity index (χ0) is 20.2. The summed E-state index contributed by atoms with van der Waals surface area (Å²) in [5.74, 6) is -0.217. The van der Waals surface area contributed by atoms with Crippen molar-refractivity contribution in [3.05, 3.63) is 35.4 Å². The number of likely N-dealkylation sites (tertiary alicyclic amines) is 1. The smallest absolute Gasteiger partial charge is 0.354 e. The minimum atomic E-state index is -4.36. The third-order valence-corrected chi connectivity index (χ3v) is 4.94. The topological polar surface area (TPSA) is 49.4 Å². The number of nitrogens with one attached hydrogen (secondary N) is 1. The van der Waals surface area contributed by atoms with Gasteiger partial charge in [-0.05, 0) is 50.3 Å². The van der Waals surface area contributed by atoms with E-state index in [0.717, 1.165) is 12.1 Å². The van der Waals surface area contributed by atoms with Crippen LogP contribution >= 0.6 is 0 Å². The third-order valence-electron chi connectivity index (χ3n) is 4.94. The fourth-order valence-electron chi connectivity index (χ4n) is 3.30. The molecule has 1 heterocycles. The number of hydrogen-bond donors (Lipinski definition) is 1. The van der Waals surface area contributed by atoms with Crippen LogP contribution in [-0.2, 0) is 15.8 Å². The van der Waals surface area contributed by atoms with Crippen molar-refractivity contribution in [3.63, 3.8) is 0 Å². The molecule has 0 aliphatic carbocycles. The highest BCUT2D eigenvalue weighted by Gasteiger charge is 2.31. The summed E-state index contributed by atoms with van der Waals surface area (Å²) >= 11 is 0. The van der Waals surface area contributed by atoms with Gasteiger partial charge in [-0.2, -0.15) is 13.2 Å². The number of halogens is 3. The van der Waals surface area contributed by atoms with E-state index >= 15 is 0 Å². The Kier molecular flexibility index (Phi) is 6.89. The van der Waals surface area contributed by atoms with Gasteiger partial charge in [0.25, 0.3) is 0 Å². The van der Waals surface area contributed by atoms with Crippen LogP contribution < -0.4 is 5.32 Å². The molecule has 1 unspecified atom stereocenters. The molecule has 1 atom stereocenters. The van der Waals surface area contributed by atoms with Gasteiger partial charge in [-0.15, -0.1) is 0 Å². The highest BCUT2D eigenvalue weighted by molar-refractivity contribution is 5.80. The van der Waals surface area contributed by atoms with Gasteiger partial charge in [0.2, 0.25) is 11.8 Å². The summed E-state index contributed by atoms with van der Waals surface area (Å²) < 4.78 is 37.9. The maximum atomic E-state index is 12.6. The normalized spacial score (nSPS) is 17.1. The first-order valence-electron chi connectivity index (χ1n) is 9.33. The Balaban J connectivity index is 1.86. The van der Waals surface area contributed by atoms with E-state index in [2.05, 4.69) is 5.32 Å². The minimum Gasteiger partial charge on any atom is -0.354 e. The van der Waals surface area contributed by atoms with Gasteiger partial charge in [0.05, 0.1) is 5.56 Å². The minimum absolute atomic E-state index is 0.0230. The summed E-state index contributed by atoms with van der Waals surface area (Å²) in [6.45, 7) is 6.74. The van der Waals surface area contributed by atoms with Crippen molar-refractivity contribution < 1.29 is 22.8 Å². The highest BCUT2D eigenvalue weighted by atomic mass is 19.4. The molecule has 1 aromatic carbocycles. The van der Waals surface area contributed by atoms with Crippen LogP contribution in [0.1, 0.15) is 57.1 Å². The maximum Gasteiger partial charge on any atom is 0.416 e. The second-order valence-electron chi connectivity index (χ2n) is 7.54. The molecular formula is C20H27F3N2O2. The van der Waals surface area contributed by atoms with Gasteiger partial charge in [0.15, 0.2) is 0 Å². The molecule has 1 aliphatic heterocycles. The number of rotatable bonds is 5. The molecule has 1 saturated heterocycles. The molecule has 1 aromatic rings. The van der Waals surface area contributed by atoms with Crippen molar-refractivity contribution in [3.8, 4) is 0 Å². The van der Waals surface area contributed by atoms with Crippen LogP contribution in [0.15, 0.2) is 24.3 Å². The Labute approximate surface area is 158 Å². The van der Waals surface area contributed by atoms with Gasteiger partial charge in [0, 0.05) is 31.5 Å². The summed E-state index contributed by atoms with van der Waals surface area (Å²) in [5, 5.41) is 2.90. The molecule has 0 aromatic heterocycles. The van der Waals surface area contributed by atoms with Crippen molar-refractivity contribution >= 4 is 11.8 Å². The average Bonchev–Trinajstić information content (AvgIpc) is 2.60. The van der Waals surface area contributed by atoms with Gasteiger partial charge < -0.3 is 10.2 Å². The molecule has 0 saturated carbocycles. The molecule has 0 radical (unpaired) electrons. The molecule has 4 nitrogen and oxygen atoms in total. The fourth-order valence-corrected chi connectivity index (χ4v) is 3.30. The van der Waals surface area contributed by atoms with Crippen molar-refractivity contribution in [1.29, 1.82) is 0 Å². The van der Waals surface area contributed by atoms with Gasteiger partial charge in [0.1, 0.15) is 0 Å². The SMILES string of the molecule is CC(C)NC(=O)C1CCN(C(=O)CC(C)c2ccc(C(F)(F)F)cc2)CC1. The number of carbonyl (C=O) groups excluding carboxylic acids is 2. The predicted molar refractivity (Wildman–Crippen MR) is 97.1 cm³/mol. The van der Waals surface area contributed by atoms with Crippen molar-refractivity contribution in [1.82, 2.24) is 10.2 Å². The molecule has 27 heavy (non-hydrogen) atoms. The molecule has 2 amide bonds. The van der Waals surface area contributed by atoms with Gasteiger partial charge in [-0.25, -0.2) is 0 Å². The summed E-state index contributed by atoms with van der Waals surface area (Å²) in [6.07, 6.45) is -2.84. The Bertz CT molecular complexity index is 648. The van der Waals surface area contributed by atoms with Crippen molar-refractivity contribution in [2.45, 2.75) is 58.2 Å². The molecule has 7 heteroatoms. The lowest BCUT2D eigenvalue weighted by Crippen LogP contribution is -2.44. The second-order valence-corrected chi connectivity index (χ2v) is 7.54. The lowest BCUT2D eigenvalue weighted by atomic mass is 9.93. The first-order valence-corrected chi connectivity index (χ1v) is 9.33. The van der Waals surface area contributed by atoms with Gasteiger partial charge in [-0.1, -0.05) is 19.1 Å². The molecule has 1 N–H and O–H groups in total. The number of piperidine rings is 1. The van der Waals surface area contributed by atoms with Crippen LogP contribution in [0.4, 0.5) is 13.2 Å². The number of hydrogen-bond acceptors (Lipinski definition) is 2. The number of nitrogens with zero attached hydrogens (tertiary/aromatic N) is 1. The zero-order valence-electron chi connectivity index (χ0n) is 16.0. The molecular weight excluding hydrogens is 357 g/mol.